The summed E-state index contributed by atoms with van der Waals surface area (Å²) in [5, 5.41) is 18.5. The van der Waals surface area contributed by atoms with Gasteiger partial charge in [0.1, 0.15) is 39.9 Å². The van der Waals surface area contributed by atoms with Gasteiger partial charge in [0.25, 0.3) is 11.8 Å². The van der Waals surface area contributed by atoms with E-state index in [1.54, 1.807) is 9.47 Å². The van der Waals surface area contributed by atoms with E-state index in [1.165, 1.54) is 18.7 Å². The van der Waals surface area contributed by atoms with Crippen LogP contribution in [0.25, 0.3) is 10.9 Å². The quantitative estimate of drug-likeness (QED) is 0.0325. The molecule has 3 aromatic rings. The van der Waals surface area contributed by atoms with Crippen LogP contribution in [0, 0.1) is 5.82 Å². The normalized spacial score (nSPS) is 20.1. The number of benzene rings is 1. The standard InChI is InChI=1S/C27H26ClFN8O9S4.2Na.2H/c1-46-34-17(15-9-48-26(30)32-15)22(39)33-18-23(40)37(50(43,44)45)24(18)49-27(47)31-10-4-5-35(7-10)20-14(29)6-12-19(16(20)28)36(11-2-3-11)8-13(21(12)38)25(41)42;;;;/h6,8-11,18,24H,2-5,7H2,1H3,(H2,30,32)(H,31,47)(H,33,39)(H,41,42)(H,43,44,45);;;;/q;2*+1;2*-1/b34-17-;;;;/t10?,18-,24?;;;;/m0..../s1. The van der Waals surface area contributed by atoms with Gasteiger partial charge in [-0.2, -0.15) is 12.7 Å². The number of hydrogen-bond donors (Lipinski definition) is 5. The number of pyridine rings is 1. The zero-order valence-corrected chi connectivity index (χ0v) is 35.6. The van der Waals surface area contributed by atoms with Crippen molar-refractivity contribution in [2.24, 2.45) is 5.16 Å². The minimum atomic E-state index is -5.05. The topological polar surface area (TPSA) is 239 Å². The number of fused-ring (bicyclic) bond motifs is 1. The minimum Gasteiger partial charge on any atom is -1.00 e. The summed E-state index contributed by atoms with van der Waals surface area (Å²) < 4.78 is 51.2. The van der Waals surface area contributed by atoms with Gasteiger partial charge in [0.2, 0.25) is 5.43 Å². The fourth-order valence-electron chi connectivity index (χ4n) is 5.74. The van der Waals surface area contributed by atoms with Crippen LogP contribution in [0.1, 0.15) is 44.2 Å². The number of nitrogens with two attached hydrogens (primary N) is 1. The van der Waals surface area contributed by atoms with Gasteiger partial charge in [-0.05, 0) is 25.3 Å². The molecule has 0 spiro atoms. The zero-order chi connectivity index (χ0) is 36.2. The molecule has 270 valence electrons. The third-order valence-electron chi connectivity index (χ3n) is 8.11. The molecule has 2 aliphatic heterocycles. The molecule has 1 aliphatic carbocycles. The number of aromatic carboxylic acids is 1. The van der Waals surface area contributed by atoms with Crippen molar-refractivity contribution in [2.45, 2.75) is 42.8 Å². The summed E-state index contributed by atoms with van der Waals surface area (Å²) in [5.41, 5.74) is 4.25. The monoisotopic (exact) mass is 836 g/mol. The number of anilines is 2. The molecule has 3 atom stereocenters. The van der Waals surface area contributed by atoms with Crippen molar-refractivity contribution < 1.29 is 104 Å². The number of rotatable bonds is 10. The zero-order valence-electron chi connectivity index (χ0n) is 29.5. The molecule has 25 heteroatoms. The second-order valence-electron chi connectivity index (χ2n) is 11.4. The molecule has 4 heterocycles. The van der Waals surface area contributed by atoms with Crippen molar-refractivity contribution in [3.8, 4) is 0 Å². The van der Waals surface area contributed by atoms with Crippen molar-refractivity contribution >= 4 is 107 Å². The third kappa shape index (κ3) is 8.42. The van der Waals surface area contributed by atoms with Crippen LogP contribution in [0.2, 0.25) is 5.02 Å². The number of nitrogens with one attached hydrogen (secondary N) is 2. The second-order valence-corrected chi connectivity index (χ2v) is 15.7. The third-order valence-corrected chi connectivity index (χ3v) is 11.6. The van der Waals surface area contributed by atoms with Crippen molar-refractivity contribution in [1.29, 1.82) is 0 Å². The number of halogens is 2. The first kappa shape index (κ1) is 42.6. The van der Waals surface area contributed by atoms with Gasteiger partial charge in [-0.15, -0.1) is 11.3 Å². The van der Waals surface area contributed by atoms with Gasteiger partial charge in [0.15, 0.2) is 10.8 Å². The van der Waals surface area contributed by atoms with Crippen molar-refractivity contribution in [3.05, 3.63) is 50.0 Å². The average Bonchev–Trinajstić information content (AvgIpc) is 3.64. The number of nitrogen functional groups attached to an aromatic ring is 1. The van der Waals surface area contributed by atoms with E-state index in [0.717, 1.165) is 30.2 Å². The van der Waals surface area contributed by atoms with Crippen molar-refractivity contribution in [3.63, 3.8) is 0 Å². The molecule has 1 saturated carbocycles. The number of aromatic nitrogens is 2. The fraction of sp³-hybridized carbons (Fsp3) is 0.370. The van der Waals surface area contributed by atoms with E-state index in [9.17, 15) is 37.3 Å². The number of β-lactam (4-membered cyclic amide) rings is 1. The summed E-state index contributed by atoms with van der Waals surface area (Å²) in [7, 11) is -3.88. The summed E-state index contributed by atoms with van der Waals surface area (Å²) >= 11 is 13.9. The Balaban J connectivity index is 0.00000252. The number of carboxylic acid groups (broad SMARTS) is 1. The van der Waals surface area contributed by atoms with Crippen LogP contribution < -0.4 is 85.8 Å². The molecule has 3 fully saturated rings. The summed E-state index contributed by atoms with van der Waals surface area (Å²) in [6.07, 6.45) is 3.11. The number of carbonyl (C=O) groups excluding carboxylic acids is 2. The Morgan fingerprint density at radius 2 is 1.96 bits per heavy atom. The van der Waals surface area contributed by atoms with E-state index in [1.807, 2.05) is 0 Å². The first-order chi connectivity index (χ1) is 23.6. The van der Waals surface area contributed by atoms with E-state index in [4.69, 9.17) is 34.4 Å². The first-order valence-electron chi connectivity index (χ1n) is 14.6. The second kappa shape index (κ2) is 16.7. The Kier molecular flexibility index (Phi) is 13.7. The molecule has 0 radical (unpaired) electrons. The van der Waals surface area contributed by atoms with Crippen LogP contribution >= 0.6 is 46.9 Å². The van der Waals surface area contributed by atoms with Gasteiger partial charge in [0.05, 0.1) is 21.6 Å². The molecular formula is C27H28ClFN8Na2O9S4. The number of thiocarbonyl (C=S) groups is 1. The Hall–Kier alpha value is -2.09. The number of carboxylic acids is 1. The molecular weight excluding hydrogens is 809 g/mol. The van der Waals surface area contributed by atoms with Crippen LogP contribution in [0.4, 0.5) is 15.2 Å². The van der Waals surface area contributed by atoms with E-state index >= 15 is 4.39 Å². The number of hydrogen-bond acceptors (Lipinski definition) is 14. The smallest absolute Gasteiger partial charge is 1.00 e. The summed E-state index contributed by atoms with van der Waals surface area (Å²) in [6.45, 7) is 0.442. The van der Waals surface area contributed by atoms with Gasteiger partial charge in [-0.3, -0.25) is 18.9 Å². The average molecular weight is 837 g/mol. The molecule has 6 N–H and O–H groups in total. The van der Waals surface area contributed by atoms with E-state index in [2.05, 4.69) is 20.8 Å². The van der Waals surface area contributed by atoms with E-state index in [-0.39, 0.29) is 128 Å². The minimum absolute atomic E-state index is 0. The van der Waals surface area contributed by atoms with Crippen LogP contribution in [-0.4, -0.2) is 97.4 Å². The van der Waals surface area contributed by atoms with Gasteiger partial charge in [-0.1, -0.05) is 40.7 Å². The molecule has 2 saturated heterocycles. The Bertz CT molecular complexity index is 2180. The predicted molar refractivity (Wildman–Crippen MR) is 189 cm³/mol. The number of thioether (sulfide) groups is 1. The number of carbonyl (C=O) groups is 3. The first-order valence-corrected chi connectivity index (χ1v) is 18.5. The summed E-state index contributed by atoms with van der Waals surface area (Å²) in [4.78, 5) is 60.8. The maximum atomic E-state index is 15.6. The largest absolute Gasteiger partial charge is 1.00 e. The Labute approximate surface area is 360 Å². The molecule has 1 aromatic carbocycles. The Morgan fingerprint density at radius 1 is 1.27 bits per heavy atom. The molecule has 0 bridgehead atoms. The van der Waals surface area contributed by atoms with Gasteiger partial charge >= 0.3 is 75.4 Å². The summed E-state index contributed by atoms with van der Waals surface area (Å²) in [6, 6.07) is -0.999. The SMILES string of the molecule is CO/N=C(\C(=O)N[C@H]1C(=O)N(S(=O)(=O)O)C1SC(=S)NC1CCN(c2c(F)cc3c(=O)c(C(=O)O)cn(C4CC4)c3c2Cl)C1)c1csc(N)n1.[H-].[H-].[Na+].[Na+]. The Morgan fingerprint density at radius 3 is 2.54 bits per heavy atom. The van der Waals surface area contributed by atoms with Crippen LogP contribution in [0.5, 0.6) is 0 Å². The molecule has 17 nitrogen and oxygen atoms in total. The molecule has 2 amide bonds. The molecule has 6 rings (SSSR count). The van der Waals surface area contributed by atoms with Crippen molar-refractivity contribution in [2.75, 3.05) is 30.8 Å². The fourth-order valence-corrected chi connectivity index (χ4v) is 9.31. The van der Waals surface area contributed by atoms with Crippen LogP contribution in [-0.2, 0) is 24.7 Å². The maximum Gasteiger partial charge on any atom is 1.00 e. The van der Waals surface area contributed by atoms with Gasteiger partial charge in [-0.25, -0.2) is 14.2 Å². The van der Waals surface area contributed by atoms with Gasteiger partial charge in [0, 0.05) is 36.8 Å². The van der Waals surface area contributed by atoms with Gasteiger partial charge < -0.3 is 38.6 Å². The molecule has 2 unspecified atom stereocenters. The van der Waals surface area contributed by atoms with Crippen molar-refractivity contribution in [1.82, 2.24) is 24.5 Å². The predicted octanol–water partition coefficient (Wildman–Crippen LogP) is -4.21. The molecule has 3 aliphatic rings. The van der Waals surface area contributed by atoms with E-state index in [0.29, 0.717) is 18.2 Å². The number of amides is 2. The summed E-state index contributed by atoms with van der Waals surface area (Å²) in [5.74, 6) is -4.33. The molecule has 2 aromatic heterocycles. The van der Waals surface area contributed by atoms with E-state index < -0.39 is 62.4 Å². The maximum absolute atomic E-state index is 15.6. The number of oxime groups is 1. The molecule has 52 heavy (non-hydrogen) atoms. The van der Waals surface area contributed by atoms with Crippen LogP contribution in [0.3, 0.4) is 0 Å². The number of nitrogens with zero attached hydrogens (tertiary/aromatic N) is 5. The van der Waals surface area contributed by atoms with Crippen LogP contribution in [0.15, 0.2) is 27.6 Å². The number of thiazole rings is 1.